The Labute approximate surface area is 195 Å². The fourth-order valence-electron chi connectivity index (χ4n) is 6.23. The lowest BCUT2D eigenvalue weighted by atomic mass is 9.79. The molecule has 2 aliphatic heterocycles. The summed E-state index contributed by atoms with van der Waals surface area (Å²) in [4.78, 5) is 17.5. The van der Waals surface area contributed by atoms with E-state index in [9.17, 15) is 4.79 Å². The molecule has 1 aromatic rings. The highest BCUT2D eigenvalue weighted by Crippen LogP contribution is 2.31. The third kappa shape index (κ3) is 7.03. The van der Waals surface area contributed by atoms with E-state index in [-0.39, 0.29) is 5.91 Å². The van der Waals surface area contributed by atoms with Gasteiger partial charge in [0.2, 0.25) is 5.91 Å². The van der Waals surface area contributed by atoms with Gasteiger partial charge in [0, 0.05) is 51.2 Å². The molecule has 5 heteroatoms. The minimum Gasteiger partial charge on any atom is -0.355 e. The molecule has 1 saturated carbocycles. The Balaban J connectivity index is 1.12. The fourth-order valence-corrected chi connectivity index (χ4v) is 6.23. The van der Waals surface area contributed by atoms with E-state index >= 15 is 0 Å². The minimum absolute atomic E-state index is 0.227. The van der Waals surface area contributed by atoms with Crippen LogP contribution in [0.1, 0.15) is 63.4 Å². The van der Waals surface area contributed by atoms with Crippen LogP contribution in [0.25, 0.3) is 0 Å². The molecule has 2 N–H and O–H groups in total. The van der Waals surface area contributed by atoms with Gasteiger partial charge in [-0.15, -0.1) is 0 Å². The summed E-state index contributed by atoms with van der Waals surface area (Å²) in [5.41, 5.74) is 1.42. The van der Waals surface area contributed by atoms with Crippen molar-refractivity contribution >= 4 is 5.91 Å². The van der Waals surface area contributed by atoms with Gasteiger partial charge in [0.25, 0.3) is 0 Å². The second kappa shape index (κ2) is 12.2. The van der Waals surface area contributed by atoms with E-state index in [1.807, 2.05) is 0 Å². The minimum atomic E-state index is 0.227. The average molecular weight is 441 g/mol. The monoisotopic (exact) mass is 440 g/mol. The fraction of sp³-hybridized carbons (Fsp3) is 0.741. The highest BCUT2D eigenvalue weighted by atomic mass is 16.1. The van der Waals surface area contributed by atoms with E-state index in [0.29, 0.717) is 12.5 Å². The van der Waals surface area contributed by atoms with Gasteiger partial charge in [-0.1, -0.05) is 49.6 Å². The van der Waals surface area contributed by atoms with Crippen molar-refractivity contribution in [3.63, 3.8) is 0 Å². The first-order valence-corrected chi connectivity index (χ1v) is 13.1. The molecule has 3 aliphatic rings. The standard InChI is InChI=1S/C27H44N4O/c1-30(25-11-6-3-7-12-25)16-15-28-27(32)14-8-13-26-24-17-23(18-29-26)20-31(21-24)19-22-9-4-2-5-10-22/h2,4-5,9-10,23-26,29H,3,6-8,11-21H2,1H3,(H,28,32)/t23-,24-,26+/m0/s1. The summed E-state index contributed by atoms with van der Waals surface area (Å²) in [6.45, 7) is 6.35. The van der Waals surface area contributed by atoms with Gasteiger partial charge in [-0.25, -0.2) is 0 Å². The Morgan fingerprint density at radius 3 is 2.78 bits per heavy atom. The number of rotatable bonds is 10. The lowest BCUT2D eigenvalue weighted by Gasteiger charge is -2.46. The molecule has 2 saturated heterocycles. The largest absolute Gasteiger partial charge is 0.355 e. The summed E-state index contributed by atoms with van der Waals surface area (Å²) in [5, 5.41) is 6.97. The number of hydrogen-bond acceptors (Lipinski definition) is 4. The second-order valence-electron chi connectivity index (χ2n) is 10.6. The summed E-state index contributed by atoms with van der Waals surface area (Å²) in [6.07, 6.45) is 10.9. The number of benzene rings is 1. The van der Waals surface area contributed by atoms with Gasteiger partial charge in [0.1, 0.15) is 0 Å². The number of amides is 1. The molecule has 2 heterocycles. The molecule has 3 atom stereocenters. The second-order valence-corrected chi connectivity index (χ2v) is 10.6. The van der Waals surface area contributed by atoms with Gasteiger partial charge in [-0.2, -0.15) is 0 Å². The third-order valence-corrected chi connectivity index (χ3v) is 8.04. The molecule has 0 unspecified atom stereocenters. The average Bonchev–Trinajstić information content (AvgIpc) is 2.82. The summed E-state index contributed by atoms with van der Waals surface area (Å²) in [5.74, 6) is 1.72. The Bertz CT molecular complexity index is 690. The number of nitrogens with zero attached hydrogens (tertiary/aromatic N) is 2. The van der Waals surface area contributed by atoms with Crippen LogP contribution < -0.4 is 10.6 Å². The zero-order chi connectivity index (χ0) is 22.2. The van der Waals surface area contributed by atoms with Crippen LogP contribution in [-0.4, -0.2) is 67.6 Å². The van der Waals surface area contributed by atoms with Crippen molar-refractivity contribution in [1.29, 1.82) is 0 Å². The number of hydrogen-bond donors (Lipinski definition) is 2. The van der Waals surface area contributed by atoms with Crippen molar-refractivity contribution in [3.05, 3.63) is 35.9 Å². The maximum Gasteiger partial charge on any atom is 0.220 e. The maximum atomic E-state index is 12.4. The molecule has 0 radical (unpaired) electrons. The molecule has 0 aromatic heterocycles. The van der Waals surface area contributed by atoms with E-state index in [2.05, 4.69) is 57.8 Å². The predicted molar refractivity (Wildman–Crippen MR) is 131 cm³/mol. The molecule has 2 bridgehead atoms. The van der Waals surface area contributed by atoms with Crippen molar-refractivity contribution in [2.24, 2.45) is 11.8 Å². The summed E-state index contributed by atoms with van der Waals surface area (Å²) in [6, 6.07) is 12.2. The molecule has 3 fully saturated rings. The Kier molecular flexibility index (Phi) is 9.01. The van der Waals surface area contributed by atoms with E-state index in [4.69, 9.17) is 0 Å². The van der Waals surface area contributed by atoms with Gasteiger partial charge in [-0.3, -0.25) is 9.69 Å². The van der Waals surface area contributed by atoms with Crippen LogP contribution in [0.5, 0.6) is 0 Å². The van der Waals surface area contributed by atoms with E-state index in [1.54, 1.807) is 0 Å². The lowest BCUT2D eigenvalue weighted by molar-refractivity contribution is -0.121. The van der Waals surface area contributed by atoms with Gasteiger partial charge >= 0.3 is 0 Å². The SMILES string of the molecule is CN(CCNC(=O)CCC[C@H]1NC[C@@H]2C[C@H]1CN(Cc1ccccc1)C2)C1CCCCC1. The Morgan fingerprint density at radius 2 is 1.97 bits per heavy atom. The maximum absolute atomic E-state index is 12.4. The predicted octanol–water partition coefficient (Wildman–Crippen LogP) is 3.65. The van der Waals surface area contributed by atoms with Crippen molar-refractivity contribution in [3.8, 4) is 0 Å². The number of fused-ring (bicyclic) bond motifs is 2. The number of likely N-dealkylation sites (N-methyl/N-ethyl adjacent to an activating group) is 1. The zero-order valence-electron chi connectivity index (χ0n) is 20.1. The molecular weight excluding hydrogens is 396 g/mol. The Hall–Kier alpha value is -1.43. The summed E-state index contributed by atoms with van der Waals surface area (Å²) >= 11 is 0. The first-order chi connectivity index (χ1) is 15.7. The van der Waals surface area contributed by atoms with Crippen molar-refractivity contribution in [2.45, 2.75) is 76.4 Å². The number of carbonyl (C=O) groups excluding carboxylic acids is 1. The normalized spacial score (nSPS) is 26.9. The molecular formula is C27H44N4O. The zero-order valence-corrected chi connectivity index (χ0v) is 20.1. The number of likely N-dealkylation sites (tertiary alicyclic amines) is 1. The van der Waals surface area contributed by atoms with Gasteiger partial charge in [0.15, 0.2) is 0 Å². The van der Waals surface area contributed by atoms with Crippen molar-refractivity contribution < 1.29 is 4.79 Å². The molecule has 4 rings (SSSR count). The summed E-state index contributed by atoms with van der Waals surface area (Å²) < 4.78 is 0. The van der Waals surface area contributed by atoms with Crippen LogP contribution in [0.3, 0.4) is 0 Å². The first kappa shape index (κ1) is 23.7. The van der Waals surface area contributed by atoms with Crippen LogP contribution in [0.4, 0.5) is 0 Å². The van der Waals surface area contributed by atoms with Crippen molar-refractivity contribution in [2.75, 3.05) is 39.8 Å². The van der Waals surface area contributed by atoms with Gasteiger partial charge < -0.3 is 15.5 Å². The highest BCUT2D eigenvalue weighted by molar-refractivity contribution is 5.75. The van der Waals surface area contributed by atoms with Gasteiger partial charge in [-0.05, 0) is 63.1 Å². The van der Waals surface area contributed by atoms with E-state index < -0.39 is 0 Å². The molecule has 1 aliphatic carbocycles. The van der Waals surface area contributed by atoms with E-state index in [0.717, 1.165) is 56.9 Å². The molecule has 178 valence electrons. The number of nitrogens with one attached hydrogen (secondary N) is 2. The van der Waals surface area contributed by atoms with E-state index in [1.165, 1.54) is 57.2 Å². The van der Waals surface area contributed by atoms with Crippen LogP contribution in [0.15, 0.2) is 30.3 Å². The van der Waals surface area contributed by atoms with Crippen LogP contribution >= 0.6 is 0 Å². The quantitative estimate of drug-likeness (QED) is 0.583. The third-order valence-electron chi connectivity index (χ3n) is 8.04. The molecule has 5 nitrogen and oxygen atoms in total. The number of piperidine rings is 2. The molecule has 0 spiro atoms. The van der Waals surface area contributed by atoms with Gasteiger partial charge in [0.05, 0.1) is 0 Å². The van der Waals surface area contributed by atoms with Crippen LogP contribution in [0.2, 0.25) is 0 Å². The van der Waals surface area contributed by atoms with Crippen molar-refractivity contribution in [1.82, 2.24) is 20.4 Å². The van der Waals surface area contributed by atoms with Crippen LogP contribution in [-0.2, 0) is 11.3 Å². The molecule has 1 amide bonds. The number of carbonyl (C=O) groups is 1. The lowest BCUT2D eigenvalue weighted by Crippen LogP contribution is -2.55. The molecule has 1 aromatic carbocycles. The smallest absolute Gasteiger partial charge is 0.220 e. The Morgan fingerprint density at radius 1 is 1.16 bits per heavy atom. The first-order valence-electron chi connectivity index (χ1n) is 13.1. The summed E-state index contributed by atoms with van der Waals surface area (Å²) in [7, 11) is 2.22. The highest BCUT2D eigenvalue weighted by Gasteiger charge is 2.36. The van der Waals surface area contributed by atoms with Crippen LogP contribution in [0, 0.1) is 11.8 Å². The topological polar surface area (TPSA) is 47.6 Å². The molecule has 32 heavy (non-hydrogen) atoms.